The maximum atomic E-state index is 12.0. The Balaban J connectivity index is 1.71. The topological polar surface area (TPSA) is 80.1 Å². The number of benzene rings is 1. The molecule has 25 heavy (non-hydrogen) atoms. The van der Waals surface area contributed by atoms with Crippen LogP contribution in [-0.2, 0) is 11.3 Å². The van der Waals surface area contributed by atoms with E-state index >= 15 is 0 Å². The third kappa shape index (κ3) is 3.96. The molecule has 0 atom stereocenters. The van der Waals surface area contributed by atoms with Gasteiger partial charge in [-0.15, -0.1) is 0 Å². The van der Waals surface area contributed by atoms with Crippen LogP contribution >= 0.6 is 23.8 Å². The zero-order valence-corrected chi connectivity index (χ0v) is 15.5. The van der Waals surface area contributed by atoms with Gasteiger partial charge in [-0.2, -0.15) is 0 Å². The zero-order valence-electron chi connectivity index (χ0n) is 13.9. The van der Waals surface area contributed by atoms with Gasteiger partial charge in [-0.25, -0.2) is 0 Å². The molecule has 3 rings (SSSR count). The first-order valence-corrected chi connectivity index (χ1v) is 8.88. The van der Waals surface area contributed by atoms with E-state index in [1.165, 1.54) is 11.6 Å². The van der Waals surface area contributed by atoms with Crippen LogP contribution in [0.25, 0.3) is 10.9 Å². The Hall–Kier alpha value is -2.05. The van der Waals surface area contributed by atoms with Crippen LogP contribution in [0.15, 0.2) is 30.0 Å². The molecule has 0 aliphatic heterocycles. The monoisotopic (exact) mass is 377 g/mol. The van der Waals surface area contributed by atoms with Gasteiger partial charge in [0, 0.05) is 45.2 Å². The lowest BCUT2D eigenvalue weighted by Crippen LogP contribution is -2.29. The van der Waals surface area contributed by atoms with Crippen molar-refractivity contribution in [2.45, 2.75) is 26.3 Å². The Labute approximate surface area is 156 Å². The number of aromatic nitrogens is 1. The Morgan fingerprint density at radius 1 is 1.48 bits per heavy atom. The van der Waals surface area contributed by atoms with Gasteiger partial charge in [0.1, 0.15) is 12.4 Å². The van der Waals surface area contributed by atoms with Gasteiger partial charge in [0.25, 0.3) is 0 Å². The highest BCUT2D eigenvalue weighted by atomic mass is 35.5. The van der Waals surface area contributed by atoms with Crippen LogP contribution in [0.5, 0.6) is 5.75 Å². The van der Waals surface area contributed by atoms with Crippen molar-refractivity contribution in [2.24, 2.45) is 11.1 Å². The first-order chi connectivity index (χ1) is 11.9. The van der Waals surface area contributed by atoms with Crippen LogP contribution in [0.1, 0.15) is 25.5 Å². The molecule has 0 unspecified atom stereocenters. The molecule has 0 radical (unpaired) electrons. The fraction of sp³-hybridized carbons (Fsp3) is 0.333. The minimum Gasteiger partial charge on any atom is -0.487 e. The number of nitrogens with one attached hydrogen (secondary N) is 2. The van der Waals surface area contributed by atoms with Crippen LogP contribution in [0, 0.1) is 5.41 Å². The summed E-state index contributed by atoms with van der Waals surface area (Å²) in [5.74, 6) is 0.655. The number of nitrogens with two attached hydrogens (primary N) is 1. The Kier molecular flexibility index (Phi) is 5.01. The number of halogens is 1. The van der Waals surface area contributed by atoms with Gasteiger partial charge in [-0.05, 0) is 25.0 Å². The summed E-state index contributed by atoms with van der Waals surface area (Å²) in [6, 6.07) is 5.64. The third-order valence-corrected chi connectivity index (χ3v) is 5.07. The normalized spacial score (nSPS) is 15.8. The maximum Gasteiger partial charge on any atom is 0.226 e. The second-order valence-electron chi connectivity index (χ2n) is 6.56. The molecule has 1 aliphatic carbocycles. The van der Waals surface area contributed by atoms with Crippen molar-refractivity contribution in [1.82, 2.24) is 10.3 Å². The summed E-state index contributed by atoms with van der Waals surface area (Å²) in [6.07, 6.45) is 3.33. The number of hydrogen-bond donors (Lipinski definition) is 3. The Morgan fingerprint density at radius 3 is 2.88 bits per heavy atom. The summed E-state index contributed by atoms with van der Waals surface area (Å²) in [5.41, 5.74) is 7.80. The lowest BCUT2D eigenvalue weighted by atomic mass is 10.1. The highest BCUT2D eigenvalue weighted by Crippen LogP contribution is 2.45. The van der Waals surface area contributed by atoms with E-state index in [1.54, 1.807) is 0 Å². The number of H-pyrrole nitrogens is 1. The van der Waals surface area contributed by atoms with E-state index in [4.69, 9.17) is 34.3 Å². The first-order valence-electron chi connectivity index (χ1n) is 8.03. The molecule has 0 bridgehead atoms. The van der Waals surface area contributed by atoms with Gasteiger partial charge in [-0.3, -0.25) is 4.79 Å². The van der Waals surface area contributed by atoms with E-state index in [2.05, 4.69) is 10.3 Å². The van der Waals surface area contributed by atoms with Crippen LogP contribution in [0.4, 0.5) is 0 Å². The average Bonchev–Trinajstić information content (AvgIpc) is 3.23. The molecule has 4 N–H and O–H groups in total. The number of fused-ring (bicyclic) bond motifs is 1. The number of hydrogen-bond acceptors (Lipinski definition) is 4. The van der Waals surface area contributed by atoms with Crippen molar-refractivity contribution >= 4 is 46.0 Å². The number of aromatic amines is 1. The molecular weight excluding hydrogens is 358 g/mol. The minimum atomic E-state index is -0.174. The van der Waals surface area contributed by atoms with Crippen molar-refractivity contribution in [2.75, 3.05) is 6.61 Å². The number of thiocarbonyl (C=S) groups is 1. The molecule has 7 heteroatoms. The molecule has 0 spiro atoms. The van der Waals surface area contributed by atoms with Crippen molar-refractivity contribution in [3.05, 3.63) is 40.7 Å². The predicted octanol–water partition coefficient (Wildman–Crippen LogP) is 3.46. The second kappa shape index (κ2) is 7.06. The van der Waals surface area contributed by atoms with Gasteiger partial charge in [0.15, 0.2) is 0 Å². The molecule has 1 heterocycles. The number of ether oxygens (including phenoxy) is 1. The quantitative estimate of drug-likeness (QED) is 0.510. The lowest BCUT2D eigenvalue weighted by molar-refractivity contribution is -0.125. The van der Waals surface area contributed by atoms with E-state index in [1.807, 2.05) is 25.1 Å². The Bertz CT molecular complexity index is 855. The zero-order chi connectivity index (χ0) is 18.0. The number of carbonyl (C=O) groups is 1. The third-order valence-electron chi connectivity index (χ3n) is 4.48. The van der Waals surface area contributed by atoms with E-state index in [-0.39, 0.29) is 17.9 Å². The van der Waals surface area contributed by atoms with Gasteiger partial charge in [-0.1, -0.05) is 30.7 Å². The fourth-order valence-electron chi connectivity index (χ4n) is 2.49. The molecule has 132 valence electrons. The second-order valence-corrected chi connectivity index (χ2v) is 7.20. The fourth-order valence-corrected chi connectivity index (χ4v) is 2.86. The summed E-state index contributed by atoms with van der Waals surface area (Å²) < 4.78 is 5.68. The SMILES string of the molecule is CC1(C(=O)NCc2cc3cc(Cl)c(OC/C(C=S)=C/N)cc3[nH]2)CC1. The summed E-state index contributed by atoms with van der Waals surface area (Å²) in [4.78, 5) is 15.3. The van der Waals surface area contributed by atoms with Crippen LogP contribution in [0.2, 0.25) is 5.02 Å². The van der Waals surface area contributed by atoms with E-state index in [0.717, 1.165) is 29.4 Å². The molecule has 1 fully saturated rings. The van der Waals surface area contributed by atoms with Crippen molar-refractivity contribution in [3.8, 4) is 5.75 Å². The number of rotatable bonds is 7. The van der Waals surface area contributed by atoms with Gasteiger partial charge in [0.05, 0.1) is 11.6 Å². The smallest absolute Gasteiger partial charge is 0.226 e. The van der Waals surface area contributed by atoms with Crippen molar-refractivity contribution in [3.63, 3.8) is 0 Å². The van der Waals surface area contributed by atoms with Gasteiger partial charge >= 0.3 is 0 Å². The lowest BCUT2D eigenvalue weighted by Gasteiger charge is -2.08. The van der Waals surface area contributed by atoms with E-state index < -0.39 is 0 Å². The first kappa shape index (κ1) is 17.8. The maximum absolute atomic E-state index is 12.0. The molecule has 1 aromatic carbocycles. The van der Waals surface area contributed by atoms with Crippen molar-refractivity contribution in [1.29, 1.82) is 0 Å². The van der Waals surface area contributed by atoms with Crippen LogP contribution in [0.3, 0.4) is 0 Å². The molecule has 0 saturated heterocycles. The average molecular weight is 378 g/mol. The summed E-state index contributed by atoms with van der Waals surface area (Å²) in [5, 5.41) is 5.92. The molecular formula is C18H20ClN3O2S. The summed E-state index contributed by atoms with van der Waals surface area (Å²) in [7, 11) is 0. The number of carbonyl (C=O) groups excluding carboxylic acids is 1. The van der Waals surface area contributed by atoms with Gasteiger partial charge in [0.2, 0.25) is 5.91 Å². The van der Waals surface area contributed by atoms with Gasteiger partial charge < -0.3 is 20.8 Å². The Morgan fingerprint density at radius 2 is 2.24 bits per heavy atom. The molecule has 1 saturated carbocycles. The molecule has 1 aliphatic rings. The van der Waals surface area contributed by atoms with E-state index in [9.17, 15) is 4.79 Å². The van der Waals surface area contributed by atoms with E-state index in [0.29, 0.717) is 22.9 Å². The minimum absolute atomic E-state index is 0.106. The van der Waals surface area contributed by atoms with Crippen LogP contribution in [-0.4, -0.2) is 22.9 Å². The summed E-state index contributed by atoms with van der Waals surface area (Å²) in [6.45, 7) is 2.70. The number of amides is 1. The molecule has 2 aromatic rings. The largest absolute Gasteiger partial charge is 0.487 e. The summed E-state index contributed by atoms with van der Waals surface area (Å²) >= 11 is 11.1. The van der Waals surface area contributed by atoms with Crippen molar-refractivity contribution < 1.29 is 9.53 Å². The highest BCUT2D eigenvalue weighted by molar-refractivity contribution is 7.79. The van der Waals surface area contributed by atoms with Crippen LogP contribution < -0.4 is 15.8 Å². The molecule has 1 amide bonds. The standard InChI is InChI=1S/C18H20ClN3O2S/c1-18(2-3-18)17(23)21-8-13-4-12-5-14(19)16(6-15(12)22-13)24-9-11(7-20)10-25/h4-7,10,22H,2-3,8-9,20H2,1H3,(H,21,23)/b11-7-. The molecule has 5 nitrogen and oxygen atoms in total. The highest BCUT2D eigenvalue weighted by Gasteiger charge is 2.44. The molecule has 1 aromatic heterocycles. The predicted molar refractivity (Wildman–Crippen MR) is 104 cm³/mol.